The first kappa shape index (κ1) is 24.4. The first-order chi connectivity index (χ1) is 16.8. The maximum atomic E-state index is 13.2. The second-order valence-electron chi connectivity index (χ2n) is 7.39. The molecular weight excluding hydrogens is 582 g/mol. The van der Waals surface area contributed by atoms with Crippen LogP contribution in [0.1, 0.15) is 11.4 Å². The first-order valence-corrected chi connectivity index (χ1v) is 11.8. The molecule has 11 heteroatoms. The molecule has 0 radical (unpaired) electrons. The van der Waals surface area contributed by atoms with Crippen LogP contribution in [0.5, 0.6) is 11.5 Å². The lowest BCUT2D eigenvalue weighted by molar-refractivity contribution is 0.252. The Balaban J connectivity index is 1.48. The number of phenols is 1. The molecule has 2 amide bonds. The highest BCUT2D eigenvalue weighted by Crippen LogP contribution is 2.27. The van der Waals surface area contributed by atoms with Crippen LogP contribution in [0.4, 0.5) is 10.5 Å². The van der Waals surface area contributed by atoms with Crippen molar-refractivity contribution in [3.05, 3.63) is 85.3 Å². The molecule has 3 N–H and O–H groups in total. The molecule has 0 aliphatic rings. The molecule has 0 fully saturated rings. The summed E-state index contributed by atoms with van der Waals surface area (Å²) < 4.78 is 8.05. The number of aryl methyl sites for hydroxylation is 1. The quantitative estimate of drug-likeness (QED) is 0.218. The Labute approximate surface area is 216 Å². The Hall–Kier alpha value is -3.70. The van der Waals surface area contributed by atoms with Crippen LogP contribution in [0, 0.1) is 6.92 Å². The molecule has 35 heavy (non-hydrogen) atoms. The van der Waals surface area contributed by atoms with E-state index in [4.69, 9.17) is 4.74 Å². The van der Waals surface area contributed by atoms with Gasteiger partial charge in [-0.1, -0.05) is 15.9 Å². The predicted molar refractivity (Wildman–Crippen MR) is 142 cm³/mol. The molecule has 0 saturated heterocycles. The number of hydrogen-bond acceptors (Lipinski definition) is 6. The van der Waals surface area contributed by atoms with Crippen LogP contribution in [0.2, 0.25) is 0 Å². The van der Waals surface area contributed by atoms with Crippen molar-refractivity contribution in [1.29, 1.82) is 0 Å². The summed E-state index contributed by atoms with van der Waals surface area (Å²) in [6.45, 7) is 1.76. The topological polar surface area (TPSA) is 118 Å². The van der Waals surface area contributed by atoms with Gasteiger partial charge in [0.15, 0.2) is 11.5 Å². The molecular formula is C24H19Br2N5O4. The molecule has 4 rings (SSSR count). The van der Waals surface area contributed by atoms with Gasteiger partial charge in [0.25, 0.3) is 5.56 Å². The average molecular weight is 601 g/mol. The summed E-state index contributed by atoms with van der Waals surface area (Å²) in [5.74, 6) is 0.843. The van der Waals surface area contributed by atoms with Crippen LogP contribution in [-0.4, -0.2) is 34.0 Å². The molecule has 0 bridgehead atoms. The molecule has 1 heterocycles. The zero-order valence-electron chi connectivity index (χ0n) is 18.5. The number of nitrogens with one attached hydrogen (secondary N) is 2. The van der Waals surface area contributed by atoms with Gasteiger partial charge in [-0.3, -0.25) is 9.36 Å². The second kappa shape index (κ2) is 10.3. The van der Waals surface area contributed by atoms with Crippen molar-refractivity contribution in [1.82, 2.24) is 15.0 Å². The third-order valence-corrected chi connectivity index (χ3v) is 6.09. The summed E-state index contributed by atoms with van der Waals surface area (Å²) in [5.41, 5.74) is 4.52. The zero-order valence-corrected chi connectivity index (χ0v) is 21.7. The molecule has 0 aliphatic carbocycles. The standard InChI is InChI=1S/C24H19Br2N5O4/c1-13-28-22-18(10-15(25)11-19(22)26)23(33)31(13)17-6-4-16(5-7-17)29-24(34)30-27-12-14-3-8-20(32)21(9-14)35-2/h3-12,32H,1-2H3,(H2,29,30,34)/b27-12+. The number of fused-ring (bicyclic) bond motifs is 1. The Bertz CT molecular complexity index is 1520. The molecule has 3 aromatic carbocycles. The number of aromatic hydroxyl groups is 1. The van der Waals surface area contributed by atoms with Crippen molar-refractivity contribution in [2.24, 2.45) is 5.10 Å². The van der Waals surface area contributed by atoms with Crippen molar-refractivity contribution in [3.63, 3.8) is 0 Å². The molecule has 0 saturated carbocycles. The largest absolute Gasteiger partial charge is 0.504 e. The smallest absolute Gasteiger partial charge is 0.339 e. The number of benzene rings is 3. The van der Waals surface area contributed by atoms with E-state index in [-0.39, 0.29) is 11.3 Å². The highest BCUT2D eigenvalue weighted by atomic mass is 79.9. The van der Waals surface area contributed by atoms with E-state index in [9.17, 15) is 14.7 Å². The number of nitrogens with zero attached hydrogens (tertiary/aromatic N) is 3. The van der Waals surface area contributed by atoms with Crippen molar-refractivity contribution in [2.75, 3.05) is 12.4 Å². The van der Waals surface area contributed by atoms with Gasteiger partial charge in [-0.25, -0.2) is 15.2 Å². The van der Waals surface area contributed by atoms with E-state index in [2.05, 4.69) is 52.7 Å². The Morgan fingerprint density at radius 2 is 1.89 bits per heavy atom. The van der Waals surface area contributed by atoms with Gasteiger partial charge < -0.3 is 15.2 Å². The Morgan fingerprint density at radius 1 is 1.14 bits per heavy atom. The van der Waals surface area contributed by atoms with Crippen molar-refractivity contribution < 1.29 is 14.6 Å². The molecule has 4 aromatic rings. The summed E-state index contributed by atoms with van der Waals surface area (Å²) >= 11 is 6.87. The van der Waals surface area contributed by atoms with Crippen molar-refractivity contribution >= 4 is 60.7 Å². The lowest BCUT2D eigenvalue weighted by atomic mass is 10.2. The number of halogens is 2. The van der Waals surface area contributed by atoms with Gasteiger partial charge in [0.1, 0.15) is 5.82 Å². The van der Waals surface area contributed by atoms with Crippen molar-refractivity contribution in [3.8, 4) is 17.2 Å². The van der Waals surface area contributed by atoms with Gasteiger partial charge in [-0.05, 0) is 83.0 Å². The van der Waals surface area contributed by atoms with Crippen molar-refractivity contribution in [2.45, 2.75) is 6.92 Å². The molecule has 0 aliphatic heterocycles. The first-order valence-electron chi connectivity index (χ1n) is 10.2. The zero-order chi connectivity index (χ0) is 25.1. The summed E-state index contributed by atoms with van der Waals surface area (Å²) in [6.07, 6.45) is 1.42. The fourth-order valence-electron chi connectivity index (χ4n) is 3.42. The SMILES string of the molecule is COc1cc(/C=N/NC(=O)Nc2ccc(-n3c(C)nc4c(Br)cc(Br)cc4c3=O)cc2)ccc1O. The maximum Gasteiger partial charge on any atom is 0.339 e. The van der Waals surface area contributed by atoms with Crippen LogP contribution >= 0.6 is 31.9 Å². The third-order valence-electron chi connectivity index (χ3n) is 5.03. The number of ether oxygens (including phenoxy) is 1. The Kier molecular flexibility index (Phi) is 7.17. The second-order valence-corrected chi connectivity index (χ2v) is 9.16. The normalized spacial score (nSPS) is 11.1. The highest BCUT2D eigenvalue weighted by Gasteiger charge is 2.13. The molecule has 178 valence electrons. The van der Waals surface area contributed by atoms with Crippen LogP contribution in [0.15, 0.2) is 73.4 Å². The predicted octanol–water partition coefficient (Wildman–Crippen LogP) is 5.09. The highest BCUT2D eigenvalue weighted by molar-refractivity contribution is 9.11. The number of anilines is 1. The van der Waals surface area contributed by atoms with E-state index in [1.807, 2.05) is 6.07 Å². The number of urea groups is 1. The molecule has 0 atom stereocenters. The summed E-state index contributed by atoms with van der Waals surface area (Å²) in [6, 6.07) is 14.5. The van der Waals surface area contributed by atoms with Gasteiger partial charge in [0.05, 0.1) is 29.9 Å². The molecule has 0 spiro atoms. The van der Waals surface area contributed by atoms with E-state index in [0.717, 1.165) is 8.95 Å². The van der Waals surface area contributed by atoms with Crippen LogP contribution in [-0.2, 0) is 0 Å². The van der Waals surface area contributed by atoms with E-state index < -0.39 is 6.03 Å². The van der Waals surface area contributed by atoms with E-state index in [1.165, 1.54) is 24.0 Å². The minimum atomic E-state index is -0.546. The van der Waals surface area contributed by atoms with Gasteiger partial charge in [-0.15, -0.1) is 0 Å². The maximum absolute atomic E-state index is 13.2. The number of amides is 2. The summed E-state index contributed by atoms with van der Waals surface area (Å²) in [5, 5.41) is 16.7. The number of phenolic OH excluding ortho intramolecular Hbond substituents is 1. The molecule has 1 aromatic heterocycles. The van der Waals surface area contributed by atoms with Gasteiger partial charge in [-0.2, -0.15) is 5.10 Å². The van der Waals surface area contributed by atoms with Crippen LogP contribution in [0.3, 0.4) is 0 Å². The lowest BCUT2D eigenvalue weighted by Crippen LogP contribution is -2.24. The average Bonchev–Trinajstić information content (AvgIpc) is 2.82. The number of methoxy groups -OCH3 is 1. The fourth-order valence-corrected chi connectivity index (χ4v) is 4.73. The van der Waals surface area contributed by atoms with Gasteiger partial charge in [0.2, 0.25) is 0 Å². The number of aromatic nitrogens is 2. The van der Waals surface area contributed by atoms with Gasteiger partial charge >= 0.3 is 6.03 Å². The lowest BCUT2D eigenvalue weighted by Gasteiger charge is -2.12. The van der Waals surface area contributed by atoms with E-state index in [0.29, 0.717) is 39.4 Å². The number of hydrogen-bond donors (Lipinski definition) is 3. The number of carbonyl (C=O) groups excluding carboxylic acids is 1. The minimum Gasteiger partial charge on any atom is -0.504 e. The van der Waals surface area contributed by atoms with Crippen LogP contribution in [0.25, 0.3) is 16.6 Å². The number of hydrazone groups is 1. The summed E-state index contributed by atoms with van der Waals surface area (Å²) in [4.78, 5) is 29.9. The van der Waals surface area contributed by atoms with E-state index in [1.54, 1.807) is 49.4 Å². The Morgan fingerprint density at radius 3 is 2.60 bits per heavy atom. The van der Waals surface area contributed by atoms with Crippen LogP contribution < -0.4 is 21.0 Å². The monoisotopic (exact) mass is 599 g/mol. The molecule has 9 nitrogen and oxygen atoms in total. The third kappa shape index (κ3) is 5.36. The van der Waals surface area contributed by atoms with E-state index >= 15 is 0 Å². The number of rotatable bonds is 5. The molecule has 0 unspecified atom stereocenters. The van der Waals surface area contributed by atoms with Gasteiger partial charge in [0, 0.05) is 14.6 Å². The number of carbonyl (C=O) groups is 1. The minimum absolute atomic E-state index is 0.0106. The fraction of sp³-hybridized carbons (Fsp3) is 0.0833. The summed E-state index contributed by atoms with van der Waals surface area (Å²) in [7, 11) is 1.44.